The van der Waals surface area contributed by atoms with E-state index in [1.165, 1.54) is 7.11 Å². The molecule has 0 saturated heterocycles. The lowest BCUT2D eigenvalue weighted by atomic mass is 10.3. The molecule has 0 saturated carbocycles. The van der Waals surface area contributed by atoms with Gasteiger partial charge in [-0.3, -0.25) is 4.18 Å². The van der Waals surface area contributed by atoms with Gasteiger partial charge < -0.3 is 9.47 Å². The summed E-state index contributed by atoms with van der Waals surface area (Å²) in [5.74, 6) is 0.722. The Balaban J connectivity index is 2.76. The summed E-state index contributed by atoms with van der Waals surface area (Å²) < 4.78 is 65.9. The van der Waals surface area contributed by atoms with Crippen LogP contribution in [-0.2, 0) is 29.0 Å². The molecule has 0 radical (unpaired) electrons. The molecule has 0 aromatic heterocycles. The molecule has 1 unspecified atom stereocenters. The standard InChI is InChI=1S/C11H18N2O8S2/c1-13-23(16,17)20-8-9(21-22(12,14)15)7-19-11-6-4-3-5-10(11)18-2/h3-6,9,13H,7-8H2,1-2H3,(H2,12,14,15). The summed E-state index contributed by atoms with van der Waals surface area (Å²) >= 11 is 0. The highest BCUT2D eigenvalue weighted by Gasteiger charge is 2.21. The molecule has 1 aromatic carbocycles. The number of nitrogens with one attached hydrogen (secondary N) is 1. The first-order valence-electron chi connectivity index (χ1n) is 6.21. The SMILES string of the molecule is CNS(=O)(=O)OCC(COc1ccccc1OC)OS(N)(=O)=O. The van der Waals surface area contributed by atoms with Crippen molar-refractivity contribution < 1.29 is 34.7 Å². The van der Waals surface area contributed by atoms with Crippen molar-refractivity contribution in [3.63, 3.8) is 0 Å². The van der Waals surface area contributed by atoms with Crippen molar-refractivity contribution in [1.82, 2.24) is 4.72 Å². The quantitative estimate of drug-likeness (QED) is 0.542. The number of methoxy groups -OCH3 is 1. The summed E-state index contributed by atoms with van der Waals surface area (Å²) in [4.78, 5) is 0. The predicted octanol–water partition coefficient (Wildman–Crippen LogP) is -0.856. The topological polar surface area (TPSA) is 143 Å². The second-order valence-electron chi connectivity index (χ2n) is 4.12. The zero-order valence-electron chi connectivity index (χ0n) is 12.5. The van der Waals surface area contributed by atoms with E-state index >= 15 is 0 Å². The van der Waals surface area contributed by atoms with E-state index in [0.717, 1.165) is 7.05 Å². The van der Waals surface area contributed by atoms with E-state index in [9.17, 15) is 16.8 Å². The third-order valence-electron chi connectivity index (χ3n) is 2.42. The van der Waals surface area contributed by atoms with Crippen LogP contribution in [0.4, 0.5) is 0 Å². The first-order chi connectivity index (χ1) is 10.7. The molecular formula is C11H18N2O8S2. The highest BCUT2D eigenvalue weighted by Crippen LogP contribution is 2.26. The van der Waals surface area contributed by atoms with Crippen LogP contribution in [0.3, 0.4) is 0 Å². The van der Waals surface area contributed by atoms with Gasteiger partial charge in [0.05, 0.1) is 13.7 Å². The van der Waals surface area contributed by atoms with Gasteiger partial charge in [0.15, 0.2) is 11.5 Å². The third-order valence-corrected chi connectivity index (χ3v) is 3.91. The summed E-state index contributed by atoms with van der Waals surface area (Å²) in [7, 11) is -5.77. The largest absolute Gasteiger partial charge is 0.493 e. The minimum absolute atomic E-state index is 0.314. The fourth-order valence-corrected chi connectivity index (χ4v) is 2.38. The Hall–Kier alpha value is -1.44. The Labute approximate surface area is 135 Å². The van der Waals surface area contributed by atoms with Gasteiger partial charge in [0.2, 0.25) is 0 Å². The number of rotatable bonds is 10. The zero-order chi connectivity index (χ0) is 17.5. The van der Waals surface area contributed by atoms with E-state index < -0.39 is 33.3 Å². The highest BCUT2D eigenvalue weighted by atomic mass is 32.2. The van der Waals surface area contributed by atoms with Crippen LogP contribution in [0.1, 0.15) is 0 Å². The number of hydrogen-bond donors (Lipinski definition) is 2. The van der Waals surface area contributed by atoms with Crippen molar-refractivity contribution in [3.8, 4) is 11.5 Å². The van der Waals surface area contributed by atoms with Crippen molar-refractivity contribution in [2.45, 2.75) is 6.10 Å². The monoisotopic (exact) mass is 370 g/mol. The van der Waals surface area contributed by atoms with Crippen molar-refractivity contribution in [2.24, 2.45) is 5.14 Å². The fraction of sp³-hybridized carbons (Fsp3) is 0.455. The summed E-state index contributed by atoms with van der Waals surface area (Å²) in [6.45, 7) is -0.954. The maximum Gasteiger partial charge on any atom is 0.335 e. The number of benzene rings is 1. The molecule has 1 atom stereocenters. The van der Waals surface area contributed by atoms with Crippen molar-refractivity contribution >= 4 is 20.6 Å². The molecule has 1 aromatic rings. The Morgan fingerprint density at radius 3 is 2.26 bits per heavy atom. The summed E-state index contributed by atoms with van der Waals surface area (Å²) in [5, 5.41) is 4.78. The van der Waals surface area contributed by atoms with Crippen LogP contribution in [0.5, 0.6) is 11.5 Å². The minimum Gasteiger partial charge on any atom is -0.493 e. The van der Waals surface area contributed by atoms with Crippen LogP contribution in [0.15, 0.2) is 24.3 Å². The molecule has 0 aliphatic heterocycles. The van der Waals surface area contributed by atoms with Gasteiger partial charge in [0, 0.05) is 7.05 Å². The van der Waals surface area contributed by atoms with Gasteiger partial charge in [-0.25, -0.2) is 9.32 Å². The number of para-hydroxylation sites is 2. The smallest absolute Gasteiger partial charge is 0.335 e. The maximum absolute atomic E-state index is 11.2. The van der Waals surface area contributed by atoms with Crippen molar-refractivity contribution in [3.05, 3.63) is 24.3 Å². The third kappa shape index (κ3) is 7.58. The Kier molecular flexibility index (Phi) is 7.18. The maximum atomic E-state index is 11.2. The van der Waals surface area contributed by atoms with E-state index in [0.29, 0.717) is 11.5 Å². The van der Waals surface area contributed by atoms with Gasteiger partial charge in [-0.2, -0.15) is 21.6 Å². The summed E-state index contributed by atoms with van der Waals surface area (Å²) in [6.07, 6.45) is -1.28. The lowest BCUT2D eigenvalue weighted by Gasteiger charge is -2.17. The van der Waals surface area contributed by atoms with E-state index in [4.69, 9.17) is 14.6 Å². The summed E-state index contributed by atoms with van der Waals surface area (Å²) in [6, 6.07) is 6.60. The van der Waals surface area contributed by atoms with E-state index in [1.807, 2.05) is 4.72 Å². The second kappa shape index (κ2) is 8.42. The molecule has 10 nitrogen and oxygen atoms in total. The van der Waals surface area contributed by atoms with E-state index in [1.54, 1.807) is 24.3 Å². The molecule has 0 bridgehead atoms. The van der Waals surface area contributed by atoms with Gasteiger partial charge in [-0.1, -0.05) is 12.1 Å². The van der Waals surface area contributed by atoms with E-state index in [-0.39, 0.29) is 6.61 Å². The van der Waals surface area contributed by atoms with Gasteiger partial charge in [-0.15, -0.1) is 0 Å². The lowest BCUT2D eigenvalue weighted by Crippen LogP contribution is -2.35. The molecule has 0 aliphatic rings. The molecule has 23 heavy (non-hydrogen) atoms. The first kappa shape index (κ1) is 19.6. The van der Waals surface area contributed by atoms with Crippen LogP contribution < -0.4 is 19.3 Å². The Bertz CT molecular complexity index is 704. The Morgan fingerprint density at radius 2 is 1.74 bits per heavy atom. The Morgan fingerprint density at radius 1 is 1.13 bits per heavy atom. The lowest BCUT2D eigenvalue weighted by molar-refractivity contribution is 0.0867. The average Bonchev–Trinajstić information content (AvgIpc) is 2.49. The van der Waals surface area contributed by atoms with Gasteiger partial charge >= 0.3 is 20.6 Å². The molecule has 1 rings (SSSR count). The molecule has 0 spiro atoms. The fourth-order valence-electron chi connectivity index (χ4n) is 1.44. The second-order valence-corrected chi connectivity index (χ2v) is 6.85. The van der Waals surface area contributed by atoms with Crippen LogP contribution in [-0.4, -0.2) is 50.3 Å². The van der Waals surface area contributed by atoms with Crippen molar-refractivity contribution in [1.29, 1.82) is 0 Å². The number of hydrogen-bond acceptors (Lipinski definition) is 8. The summed E-state index contributed by atoms with van der Waals surface area (Å²) in [5.41, 5.74) is 0. The number of nitrogens with two attached hydrogens (primary N) is 1. The van der Waals surface area contributed by atoms with Crippen LogP contribution >= 0.6 is 0 Å². The normalized spacial score (nSPS) is 13.5. The highest BCUT2D eigenvalue weighted by molar-refractivity contribution is 7.84. The molecule has 0 fully saturated rings. The van der Waals surface area contributed by atoms with Crippen LogP contribution in [0.2, 0.25) is 0 Å². The predicted molar refractivity (Wildman–Crippen MR) is 80.4 cm³/mol. The van der Waals surface area contributed by atoms with Crippen molar-refractivity contribution in [2.75, 3.05) is 27.4 Å². The molecule has 0 heterocycles. The average molecular weight is 370 g/mol. The molecule has 0 aliphatic carbocycles. The molecule has 3 N–H and O–H groups in total. The van der Waals surface area contributed by atoms with Gasteiger partial charge in [-0.05, 0) is 12.1 Å². The zero-order valence-corrected chi connectivity index (χ0v) is 14.1. The van der Waals surface area contributed by atoms with Crippen LogP contribution in [0, 0.1) is 0 Å². The molecule has 12 heteroatoms. The molecule has 132 valence electrons. The molecule has 0 amide bonds. The number of ether oxygens (including phenoxy) is 2. The first-order valence-corrected chi connectivity index (χ1v) is 9.09. The van der Waals surface area contributed by atoms with Gasteiger partial charge in [0.1, 0.15) is 12.7 Å². The van der Waals surface area contributed by atoms with E-state index in [2.05, 4.69) is 8.37 Å². The van der Waals surface area contributed by atoms with Gasteiger partial charge in [0.25, 0.3) is 0 Å². The van der Waals surface area contributed by atoms with Crippen LogP contribution in [0.25, 0.3) is 0 Å². The molecular weight excluding hydrogens is 352 g/mol. The minimum atomic E-state index is -4.32.